The van der Waals surface area contributed by atoms with Gasteiger partial charge in [0.2, 0.25) is 0 Å². The monoisotopic (exact) mass is 286 g/mol. The SMILES string of the molecule is c1cc2c(cc1NC1=NC3(CCCCC3)CS1)CCC2. The van der Waals surface area contributed by atoms with Crippen LogP contribution in [0.2, 0.25) is 0 Å². The highest BCUT2D eigenvalue weighted by atomic mass is 32.2. The Morgan fingerprint density at radius 3 is 2.75 bits per heavy atom. The van der Waals surface area contributed by atoms with Gasteiger partial charge in [0.25, 0.3) is 0 Å². The summed E-state index contributed by atoms with van der Waals surface area (Å²) in [6.07, 6.45) is 10.5. The van der Waals surface area contributed by atoms with Crippen LogP contribution in [-0.4, -0.2) is 16.5 Å². The van der Waals surface area contributed by atoms with E-state index in [1.165, 1.54) is 68.4 Å². The lowest BCUT2D eigenvalue weighted by atomic mass is 9.84. The molecular formula is C17H22N2S. The Labute approximate surface area is 125 Å². The predicted molar refractivity (Wildman–Crippen MR) is 87.8 cm³/mol. The molecule has 4 rings (SSSR count). The topological polar surface area (TPSA) is 24.4 Å². The molecule has 0 amide bonds. The van der Waals surface area contributed by atoms with Crippen molar-refractivity contribution >= 4 is 22.6 Å². The third-order valence-electron chi connectivity index (χ3n) is 4.95. The molecule has 1 fully saturated rings. The quantitative estimate of drug-likeness (QED) is 0.828. The fraction of sp³-hybridized carbons (Fsp3) is 0.588. The largest absolute Gasteiger partial charge is 0.335 e. The van der Waals surface area contributed by atoms with Crippen molar-refractivity contribution < 1.29 is 0 Å². The van der Waals surface area contributed by atoms with Gasteiger partial charge in [0.15, 0.2) is 5.17 Å². The van der Waals surface area contributed by atoms with Gasteiger partial charge < -0.3 is 5.32 Å². The summed E-state index contributed by atoms with van der Waals surface area (Å²) >= 11 is 1.91. The van der Waals surface area contributed by atoms with Crippen LogP contribution < -0.4 is 5.32 Å². The van der Waals surface area contributed by atoms with Crippen LogP contribution in [0.1, 0.15) is 49.7 Å². The Hall–Kier alpha value is -0.960. The maximum atomic E-state index is 5.04. The van der Waals surface area contributed by atoms with Crippen LogP contribution in [0.25, 0.3) is 0 Å². The predicted octanol–water partition coefficient (Wildman–Crippen LogP) is 4.39. The summed E-state index contributed by atoms with van der Waals surface area (Å²) in [6, 6.07) is 6.84. The van der Waals surface area contributed by atoms with Crippen LogP contribution in [0.4, 0.5) is 5.69 Å². The minimum atomic E-state index is 0.266. The van der Waals surface area contributed by atoms with Crippen LogP contribution >= 0.6 is 11.8 Å². The Bertz CT molecular complexity index is 544. The van der Waals surface area contributed by atoms with Crippen molar-refractivity contribution in [2.45, 2.75) is 56.9 Å². The highest BCUT2D eigenvalue weighted by Crippen LogP contribution is 2.40. The van der Waals surface area contributed by atoms with Gasteiger partial charge in [0.05, 0.1) is 5.54 Å². The van der Waals surface area contributed by atoms with Gasteiger partial charge in [-0.2, -0.15) is 0 Å². The minimum absolute atomic E-state index is 0.266. The third kappa shape index (κ3) is 2.37. The second kappa shape index (κ2) is 5.10. The second-order valence-corrected chi connectivity index (χ2v) is 7.42. The lowest BCUT2D eigenvalue weighted by Gasteiger charge is -2.29. The molecule has 0 saturated heterocycles. The molecule has 1 aliphatic heterocycles. The molecule has 0 unspecified atom stereocenters. The van der Waals surface area contributed by atoms with E-state index in [0.717, 1.165) is 5.17 Å². The average Bonchev–Trinajstić information content (AvgIpc) is 3.07. The molecule has 1 N–H and O–H groups in total. The highest BCUT2D eigenvalue weighted by molar-refractivity contribution is 8.14. The number of anilines is 1. The number of hydrogen-bond acceptors (Lipinski definition) is 3. The summed E-state index contributed by atoms with van der Waals surface area (Å²) in [6.45, 7) is 0. The molecule has 3 heteroatoms. The van der Waals surface area contributed by atoms with Gasteiger partial charge in [0, 0.05) is 11.4 Å². The van der Waals surface area contributed by atoms with E-state index < -0.39 is 0 Å². The van der Waals surface area contributed by atoms with Crippen LogP contribution in [0, 0.1) is 0 Å². The summed E-state index contributed by atoms with van der Waals surface area (Å²) in [4.78, 5) is 5.04. The molecule has 1 aromatic carbocycles. The van der Waals surface area contributed by atoms with Crippen molar-refractivity contribution in [3.8, 4) is 0 Å². The van der Waals surface area contributed by atoms with E-state index in [1.807, 2.05) is 11.8 Å². The maximum Gasteiger partial charge on any atom is 0.161 e. The molecule has 0 aromatic heterocycles. The zero-order valence-corrected chi connectivity index (χ0v) is 12.8. The van der Waals surface area contributed by atoms with Gasteiger partial charge in [0.1, 0.15) is 0 Å². The number of rotatable bonds is 1. The molecular weight excluding hydrogens is 264 g/mol. The zero-order chi connectivity index (χ0) is 13.4. The van der Waals surface area contributed by atoms with E-state index in [-0.39, 0.29) is 5.54 Å². The van der Waals surface area contributed by atoms with Crippen LogP contribution in [0.5, 0.6) is 0 Å². The highest BCUT2D eigenvalue weighted by Gasteiger charge is 2.36. The normalized spacial score (nSPS) is 23.7. The Balaban J connectivity index is 1.50. The summed E-state index contributed by atoms with van der Waals surface area (Å²) in [5.74, 6) is 1.18. The Morgan fingerprint density at radius 2 is 1.85 bits per heavy atom. The average molecular weight is 286 g/mol. The van der Waals surface area contributed by atoms with E-state index in [4.69, 9.17) is 4.99 Å². The number of aliphatic imine (C=N–C) groups is 1. The molecule has 1 saturated carbocycles. The van der Waals surface area contributed by atoms with Crippen molar-refractivity contribution in [3.63, 3.8) is 0 Å². The molecule has 20 heavy (non-hydrogen) atoms. The van der Waals surface area contributed by atoms with Crippen molar-refractivity contribution in [1.29, 1.82) is 0 Å². The summed E-state index contributed by atoms with van der Waals surface area (Å²) in [5.41, 5.74) is 4.57. The first-order chi connectivity index (χ1) is 9.83. The maximum absolute atomic E-state index is 5.04. The second-order valence-electron chi connectivity index (χ2n) is 6.45. The number of hydrogen-bond donors (Lipinski definition) is 1. The van der Waals surface area contributed by atoms with E-state index in [0.29, 0.717) is 0 Å². The summed E-state index contributed by atoms with van der Waals surface area (Å²) in [5, 5.41) is 4.70. The van der Waals surface area contributed by atoms with Crippen molar-refractivity contribution in [2.24, 2.45) is 4.99 Å². The third-order valence-corrected chi connectivity index (χ3v) is 6.10. The fourth-order valence-electron chi connectivity index (χ4n) is 3.79. The smallest absolute Gasteiger partial charge is 0.161 e. The first kappa shape index (κ1) is 12.8. The molecule has 3 aliphatic rings. The molecule has 2 aliphatic carbocycles. The Morgan fingerprint density at radius 1 is 1.00 bits per heavy atom. The van der Waals surface area contributed by atoms with E-state index in [9.17, 15) is 0 Å². The van der Waals surface area contributed by atoms with Gasteiger partial charge in [-0.15, -0.1) is 0 Å². The number of thioether (sulfide) groups is 1. The number of fused-ring (bicyclic) bond motifs is 1. The minimum Gasteiger partial charge on any atom is -0.335 e. The molecule has 1 heterocycles. The van der Waals surface area contributed by atoms with E-state index >= 15 is 0 Å². The van der Waals surface area contributed by atoms with Gasteiger partial charge in [-0.3, -0.25) is 4.99 Å². The first-order valence-corrected chi connectivity index (χ1v) is 8.93. The van der Waals surface area contributed by atoms with Gasteiger partial charge in [-0.1, -0.05) is 37.1 Å². The standard InChI is InChI=1S/C17H22N2S/c1-2-9-17(10-3-1)12-20-16(19-17)18-15-8-7-13-5-4-6-14(13)11-15/h7-8,11H,1-6,9-10,12H2,(H,18,19). The van der Waals surface area contributed by atoms with Crippen molar-refractivity contribution in [3.05, 3.63) is 29.3 Å². The Kier molecular flexibility index (Phi) is 3.25. The number of nitrogens with zero attached hydrogens (tertiary/aromatic N) is 1. The number of aryl methyl sites for hydroxylation is 2. The van der Waals surface area contributed by atoms with Crippen LogP contribution in [0.3, 0.4) is 0 Å². The number of amidine groups is 1. The van der Waals surface area contributed by atoms with Crippen LogP contribution in [0.15, 0.2) is 23.2 Å². The van der Waals surface area contributed by atoms with Crippen molar-refractivity contribution in [1.82, 2.24) is 0 Å². The van der Waals surface area contributed by atoms with Gasteiger partial charge in [-0.25, -0.2) is 0 Å². The van der Waals surface area contributed by atoms with E-state index in [2.05, 4.69) is 23.5 Å². The summed E-state index contributed by atoms with van der Waals surface area (Å²) < 4.78 is 0. The lowest BCUT2D eigenvalue weighted by Crippen LogP contribution is -2.29. The molecule has 0 bridgehead atoms. The molecule has 0 radical (unpaired) electrons. The molecule has 1 aromatic rings. The number of benzene rings is 1. The number of nitrogens with one attached hydrogen (secondary N) is 1. The molecule has 106 valence electrons. The van der Waals surface area contributed by atoms with Gasteiger partial charge in [-0.05, 0) is 55.4 Å². The van der Waals surface area contributed by atoms with E-state index in [1.54, 1.807) is 5.56 Å². The van der Waals surface area contributed by atoms with Crippen LogP contribution in [-0.2, 0) is 12.8 Å². The summed E-state index contributed by atoms with van der Waals surface area (Å²) in [7, 11) is 0. The molecule has 0 atom stereocenters. The zero-order valence-electron chi connectivity index (χ0n) is 12.0. The van der Waals surface area contributed by atoms with Crippen molar-refractivity contribution in [2.75, 3.05) is 11.1 Å². The lowest BCUT2D eigenvalue weighted by molar-refractivity contribution is 0.335. The van der Waals surface area contributed by atoms with Gasteiger partial charge >= 0.3 is 0 Å². The molecule has 1 spiro atoms. The fourth-order valence-corrected chi connectivity index (χ4v) is 4.99. The first-order valence-electron chi connectivity index (χ1n) is 7.95. The molecule has 2 nitrogen and oxygen atoms in total.